The van der Waals surface area contributed by atoms with E-state index >= 15 is 0 Å². The number of nitrogens with zero attached hydrogens (tertiary/aromatic N) is 1. The molecule has 2 heterocycles. The van der Waals surface area contributed by atoms with E-state index in [0.29, 0.717) is 19.9 Å². The van der Waals surface area contributed by atoms with Gasteiger partial charge in [-0.2, -0.15) is 0 Å². The fourth-order valence-electron chi connectivity index (χ4n) is 4.24. The Labute approximate surface area is 179 Å². The summed E-state index contributed by atoms with van der Waals surface area (Å²) in [6.07, 6.45) is 1.04. The maximum absolute atomic E-state index is 12.7. The van der Waals surface area contributed by atoms with Gasteiger partial charge in [0.15, 0.2) is 18.0 Å². The van der Waals surface area contributed by atoms with Crippen LogP contribution in [0, 0.1) is 0 Å². The minimum Gasteiger partial charge on any atom is -0.454 e. The zero-order chi connectivity index (χ0) is 20.9. The first-order valence-electron chi connectivity index (χ1n) is 11.0. The van der Waals surface area contributed by atoms with E-state index in [0.717, 1.165) is 50.6 Å². The van der Waals surface area contributed by atoms with E-state index < -0.39 is 0 Å². The summed E-state index contributed by atoms with van der Waals surface area (Å²) in [6, 6.07) is 14.8. The van der Waals surface area contributed by atoms with Crippen LogP contribution in [0.25, 0.3) is 0 Å². The van der Waals surface area contributed by atoms with Crippen LogP contribution in [0.4, 0.5) is 0 Å². The number of carbonyl (C=O) groups excluding carboxylic acids is 1. The first-order chi connectivity index (χ1) is 14.6. The Hall–Kier alpha value is -2.57. The Kier molecular flexibility index (Phi) is 6.55. The van der Waals surface area contributed by atoms with Crippen molar-refractivity contribution in [1.82, 2.24) is 4.90 Å². The van der Waals surface area contributed by atoms with Crippen molar-refractivity contribution in [2.24, 2.45) is 0 Å². The van der Waals surface area contributed by atoms with Gasteiger partial charge in [0.05, 0.1) is 0 Å². The van der Waals surface area contributed by atoms with E-state index in [1.165, 1.54) is 21.6 Å². The molecule has 6 heteroatoms. The Balaban J connectivity index is 1.21. The van der Waals surface area contributed by atoms with E-state index in [9.17, 15) is 4.79 Å². The molecule has 0 radical (unpaired) electrons. The standard InChI is InChI=1S/C24H31N3O3/c1-3-19-4-6-20(7-5-19)15-25(2)24(28)17-27-12-10-26(11-13-27)16-21-8-9-22-23(14-21)30-18-29-22/h4-9,14H,3,10-13,15-18H2,1-2H3/p+2. The van der Waals surface area contributed by atoms with Gasteiger partial charge in [-0.25, -0.2) is 0 Å². The number of benzene rings is 2. The maximum Gasteiger partial charge on any atom is 0.277 e. The zero-order valence-electron chi connectivity index (χ0n) is 18.1. The van der Waals surface area contributed by atoms with Gasteiger partial charge in [0.25, 0.3) is 5.91 Å². The second kappa shape index (κ2) is 9.49. The second-order valence-electron chi connectivity index (χ2n) is 8.46. The molecular weight excluding hydrogens is 378 g/mol. The lowest BCUT2D eigenvalue weighted by Crippen LogP contribution is -3.28. The molecule has 2 aliphatic rings. The molecule has 2 aliphatic heterocycles. The normalized spacial score (nSPS) is 20.2. The van der Waals surface area contributed by atoms with Crippen LogP contribution in [-0.2, 0) is 24.3 Å². The highest BCUT2D eigenvalue weighted by molar-refractivity contribution is 5.76. The molecule has 0 unspecified atom stereocenters. The number of ether oxygens (including phenoxy) is 2. The number of quaternary nitrogens is 2. The van der Waals surface area contributed by atoms with Gasteiger partial charge >= 0.3 is 0 Å². The largest absolute Gasteiger partial charge is 0.454 e. The SMILES string of the molecule is CCc1ccc(CN(C)C(=O)C[NH+]2CC[NH+](Cc3ccc4c(c3)OCO4)CC2)cc1. The first-order valence-corrected chi connectivity index (χ1v) is 11.0. The van der Waals surface area contributed by atoms with Crippen molar-refractivity contribution < 1.29 is 24.1 Å². The summed E-state index contributed by atoms with van der Waals surface area (Å²) in [5.74, 6) is 1.92. The summed E-state index contributed by atoms with van der Waals surface area (Å²) in [7, 11) is 1.91. The topological polar surface area (TPSA) is 47.7 Å². The highest BCUT2D eigenvalue weighted by atomic mass is 16.7. The molecule has 1 saturated heterocycles. The van der Waals surface area contributed by atoms with Crippen LogP contribution in [0.2, 0.25) is 0 Å². The summed E-state index contributed by atoms with van der Waals surface area (Å²) in [5.41, 5.74) is 3.80. The van der Waals surface area contributed by atoms with E-state index in [-0.39, 0.29) is 5.91 Å². The number of piperazine rings is 1. The quantitative estimate of drug-likeness (QED) is 0.670. The summed E-state index contributed by atoms with van der Waals surface area (Å²) < 4.78 is 10.9. The van der Waals surface area contributed by atoms with Gasteiger partial charge < -0.3 is 24.2 Å². The molecule has 1 amide bonds. The number of hydrogen-bond donors (Lipinski definition) is 2. The van der Waals surface area contributed by atoms with E-state index in [4.69, 9.17) is 9.47 Å². The van der Waals surface area contributed by atoms with Gasteiger partial charge in [-0.15, -0.1) is 0 Å². The molecule has 0 aromatic heterocycles. The number of aryl methyl sites for hydroxylation is 1. The first kappa shape index (κ1) is 20.7. The molecule has 2 N–H and O–H groups in total. The Morgan fingerprint density at radius 1 is 0.900 bits per heavy atom. The van der Waals surface area contributed by atoms with Crippen LogP contribution >= 0.6 is 0 Å². The number of nitrogens with one attached hydrogen (secondary N) is 2. The molecule has 0 bridgehead atoms. The average Bonchev–Trinajstić information content (AvgIpc) is 3.23. The molecule has 6 nitrogen and oxygen atoms in total. The molecule has 2 aromatic carbocycles. The van der Waals surface area contributed by atoms with Crippen LogP contribution in [0.15, 0.2) is 42.5 Å². The molecule has 0 atom stereocenters. The van der Waals surface area contributed by atoms with Crippen LogP contribution in [0.1, 0.15) is 23.6 Å². The van der Waals surface area contributed by atoms with E-state index in [2.05, 4.69) is 43.3 Å². The Bertz CT molecular complexity index is 860. The third-order valence-electron chi connectivity index (χ3n) is 6.23. The lowest BCUT2D eigenvalue weighted by Gasteiger charge is -2.30. The van der Waals surface area contributed by atoms with Gasteiger partial charge in [-0.1, -0.05) is 31.2 Å². The summed E-state index contributed by atoms with van der Waals surface area (Å²) in [4.78, 5) is 17.5. The molecule has 4 rings (SSSR count). The van der Waals surface area contributed by atoms with Gasteiger partial charge in [0.2, 0.25) is 6.79 Å². The third kappa shape index (κ3) is 5.12. The highest BCUT2D eigenvalue weighted by Crippen LogP contribution is 2.32. The minimum atomic E-state index is 0.226. The van der Waals surface area contributed by atoms with Gasteiger partial charge in [0, 0.05) is 19.2 Å². The monoisotopic (exact) mass is 411 g/mol. The number of fused-ring (bicyclic) bond motifs is 1. The number of hydrogen-bond acceptors (Lipinski definition) is 3. The van der Waals surface area contributed by atoms with Crippen molar-refractivity contribution in [3.8, 4) is 11.5 Å². The van der Waals surface area contributed by atoms with Crippen molar-refractivity contribution in [1.29, 1.82) is 0 Å². The van der Waals surface area contributed by atoms with Crippen molar-refractivity contribution in [2.45, 2.75) is 26.4 Å². The zero-order valence-corrected chi connectivity index (χ0v) is 18.1. The number of likely N-dealkylation sites (N-methyl/N-ethyl adjacent to an activating group) is 1. The van der Waals surface area contributed by atoms with Crippen molar-refractivity contribution in [3.05, 3.63) is 59.2 Å². The minimum absolute atomic E-state index is 0.226. The predicted molar refractivity (Wildman–Crippen MR) is 115 cm³/mol. The third-order valence-corrected chi connectivity index (χ3v) is 6.23. The molecule has 2 aromatic rings. The van der Waals surface area contributed by atoms with Crippen LogP contribution in [-0.4, -0.2) is 57.4 Å². The average molecular weight is 412 g/mol. The molecule has 1 fully saturated rings. The molecule has 0 aliphatic carbocycles. The van der Waals surface area contributed by atoms with Crippen LogP contribution in [0.3, 0.4) is 0 Å². The van der Waals surface area contributed by atoms with Gasteiger partial charge in [-0.05, 0) is 35.7 Å². The molecule has 160 valence electrons. The summed E-state index contributed by atoms with van der Waals surface area (Å²) in [5, 5.41) is 0. The fourth-order valence-corrected chi connectivity index (χ4v) is 4.24. The smallest absolute Gasteiger partial charge is 0.277 e. The second-order valence-corrected chi connectivity index (χ2v) is 8.46. The van der Waals surface area contributed by atoms with E-state index in [1.54, 1.807) is 4.90 Å². The van der Waals surface area contributed by atoms with Crippen molar-refractivity contribution in [3.63, 3.8) is 0 Å². The van der Waals surface area contributed by atoms with Crippen LogP contribution < -0.4 is 19.3 Å². The van der Waals surface area contributed by atoms with Crippen molar-refractivity contribution >= 4 is 5.91 Å². The predicted octanol–water partition coefficient (Wildman–Crippen LogP) is -0.0803. The number of rotatable bonds is 7. The lowest BCUT2D eigenvalue weighted by atomic mass is 10.1. The molecule has 0 saturated carbocycles. The summed E-state index contributed by atoms with van der Waals surface area (Å²) >= 11 is 0. The Morgan fingerprint density at radius 2 is 1.53 bits per heavy atom. The Morgan fingerprint density at radius 3 is 2.27 bits per heavy atom. The van der Waals surface area contributed by atoms with Crippen molar-refractivity contribution in [2.75, 3.05) is 46.6 Å². The summed E-state index contributed by atoms with van der Waals surface area (Å²) in [6.45, 7) is 8.96. The number of amides is 1. The highest BCUT2D eigenvalue weighted by Gasteiger charge is 2.26. The lowest BCUT2D eigenvalue weighted by molar-refractivity contribution is -1.02. The van der Waals surface area contributed by atoms with Gasteiger partial charge in [-0.3, -0.25) is 4.79 Å². The molecule has 30 heavy (non-hydrogen) atoms. The van der Waals surface area contributed by atoms with Crippen LogP contribution in [0.5, 0.6) is 11.5 Å². The fraction of sp³-hybridized carbons (Fsp3) is 0.458. The molecular formula is C24H33N3O3+2. The van der Waals surface area contributed by atoms with Gasteiger partial charge in [0.1, 0.15) is 32.7 Å². The number of carbonyl (C=O) groups is 1. The maximum atomic E-state index is 12.7. The van der Waals surface area contributed by atoms with E-state index in [1.807, 2.05) is 18.0 Å². The molecule has 0 spiro atoms.